The molecule has 0 bridgehead atoms. The molecule has 1 N–H and O–H groups in total. The lowest BCUT2D eigenvalue weighted by atomic mass is 10.0. The summed E-state index contributed by atoms with van der Waals surface area (Å²) in [4.78, 5) is 21.7. The lowest BCUT2D eigenvalue weighted by Gasteiger charge is -2.03. The number of hydrogen-bond acceptors (Lipinski definition) is 4. The van der Waals surface area contributed by atoms with E-state index in [1.54, 1.807) is 12.4 Å². The third-order valence-corrected chi connectivity index (χ3v) is 5.52. The van der Waals surface area contributed by atoms with Crippen molar-refractivity contribution in [1.82, 2.24) is 9.97 Å². The Balaban J connectivity index is 1.31. The second-order valence-corrected chi connectivity index (χ2v) is 7.90. The number of hydrogen-bond donors (Lipinski definition) is 1. The summed E-state index contributed by atoms with van der Waals surface area (Å²) in [7, 11) is 0. The van der Waals surface area contributed by atoms with E-state index in [9.17, 15) is 4.79 Å². The van der Waals surface area contributed by atoms with Crippen LogP contribution >= 0.6 is 11.3 Å². The van der Waals surface area contributed by atoms with Gasteiger partial charge in [-0.1, -0.05) is 60.7 Å². The Morgan fingerprint density at radius 2 is 1.66 bits per heavy atom. The molecule has 1 amide bonds. The van der Waals surface area contributed by atoms with E-state index in [4.69, 9.17) is 0 Å². The molecule has 2 aromatic carbocycles. The Morgan fingerprint density at radius 3 is 2.41 bits per heavy atom. The molecule has 144 valence electrons. The summed E-state index contributed by atoms with van der Waals surface area (Å²) in [6, 6.07) is 22.8. The minimum atomic E-state index is -0.0260. The molecule has 2 aromatic heterocycles. The van der Waals surface area contributed by atoms with Crippen molar-refractivity contribution in [2.45, 2.75) is 19.3 Å². The van der Waals surface area contributed by atoms with Crippen LogP contribution in [0.25, 0.3) is 11.1 Å². The van der Waals surface area contributed by atoms with Crippen LogP contribution in [0.5, 0.6) is 0 Å². The van der Waals surface area contributed by atoms with Crippen LogP contribution < -0.4 is 5.32 Å². The van der Waals surface area contributed by atoms with Gasteiger partial charge in [0.1, 0.15) is 0 Å². The van der Waals surface area contributed by atoms with Gasteiger partial charge in [-0.3, -0.25) is 9.78 Å². The molecule has 0 aliphatic heterocycles. The van der Waals surface area contributed by atoms with Crippen molar-refractivity contribution in [2.24, 2.45) is 0 Å². The van der Waals surface area contributed by atoms with Crippen molar-refractivity contribution in [2.75, 3.05) is 5.32 Å². The van der Waals surface area contributed by atoms with Gasteiger partial charge in [0.2, 0.25) is 5.91 Å². The highest BCUT2D eigenvalue weighted by molar-refractivity contribution is 7.15. The van der Waals surface area contributed by atoms with Gasteiger partial charge in [0.15, 0.2) is 5.13 Å². The Bertz CT molecular complexity index is 1060. The zero-order valence-electron chi connectivity index (χ0n) is 15.9. The summed E-state index contributed by atoms with van der Waals surface area (Å²) in [5, 5.41) is 3.55. The number of carbonyl (C=O) groups excluding carboxylic acids is 1. The van der Waals surface area contributed by atoms with Crippen LogP contribution in [0.15, 0.2) is 85.3 Å². The number of amides is 1. The average Bonchev–Trinajstić information content (AvgIpc) is 3.21. The summed E-state index contributed by atoms with van der Waals surface area (Å²) >= 11 is 1.52. The molecule has 5 heteroatoms. The fourth-order valence-electron chi connectivity index (χ4n) is 3.08. The smallest absolute Gasteiger partial charge is 0.226 e. The van der Waals surface area contributed by atoms with Crippen LogP contribution in [0.4, 0.5) is 5.13 Å². The number of pyridine rings is 1. The normalized spacial score (nSPS) is 10.6. The summed E-state index contributed by atoms with van der Waals surface area (Å²) in [6.45, 7) is 0. The predicted molar refractivity (Wildman–Crippen MR) is 118 cm³/mol. The lowest BCUT2D eigenvalue weighted by molar-refractivity contribution is -0.116. The molecular weight excluding hydrogens is 378 g/mol. The van der Waals surface area contributed by atoms with Gasteiger partial charge in [0, 0.05) is 36.3 Å². The van der Waals surface area contributed by atoms with Crippen molar-refractivity contribution in [1.29, 1.82) is 0 Å². The van der Waals surface area contributed by atoms with E-state index in [0.717, 1.165) is 16.9 Å². The summed E-state index contributed by atoms with van der Waals surface area (Å²) in [5.41, 5.74) is 4.71. The summed E-state index contributed by atoms with van der Waals surface area (Å²) in [5.74, 6) is -0.0260. The fraction of sp³-hybridized carbons (Fsp3) is 0.125. The number of carbonyl (C=O) groups is 1. The van der Waals surface area contributed by atoms with E-state index >= 15 is 0 Å². The van der Waals surface area contributed by atoms with Crippen molar-refractivity contribution in [3.8, 4) is 11.1 Å². The molecule has 0 unspecified atom stereocenters. The first-order valence-electron chi connectivity index (χ1n) is 9.54. The van der Waals surface area contributed by atoms with Crippen molar-refractivity contribution in [3.05, 3.63) is 101 Å². The molecule has 0 saturated heterocycles. The quantitative estimate of drug-likeness (QED) is 0.455. The van der Waals surface area contributed by atoms with E-state index in [0.29, 0.717) is 18.0 Å². The molecule has 29 heavy (non-hydrogen) atoms. The monoisotopic (exact) mass is 399 g/mol. The van der Waals surface area contributed by atoms with Gasteiger partial charge in [-0.15, -0.1) is 11.3 Å². The van der Waals surface area contributed by atoms with Crippen molar-refractivity contribution in [3.63, 3.8) is 0 Å². The van der Waals surface area contributed by atoms with Crippen molar-refractivity contribution >= 4 is 22.4 Å². The number of nitrogens with zero attached hydrogens (tertiary/aromatic N) is 2. The largest absolute Gasteiger partial charge is 0.302 e. The zero-order chi connectivity index (χ0) is 19.9. The molecule has 0 aliphatic rings. The second-order valence-electron chi connectivity index (χ2n) is 6.78. The van der Waals surface area contributed by atoms with Crippen LogP contribution in [0, 0.1) is 0 Å². The zero-order valence-corrected chi connectivity index (χ0v) is 16.7. The number of aryl methyl sites for hydroxylation is 1. The van der Waals surface area contributed by atoms with E-state index < -0.39 is 0 Å². The maximum Gasteiger partial charge on any atom is 0.226 e. The van der Waals surface area contributed by atoms with Crippen LogP contribution in [-0.2, 0) is 17.6 Å². The first kappa shape index (κ1) is 19.0. The average molecular weight is 400 g/mol. The number of nitrogens with one attached hydrogen (secondary N) is 1. The molecule has 2 heterocycles. The van der Waals surface area contributed by atoms with E-state index in [-0.39, 0.29) is 5.91 Å². The summed E-state index contributed by atoms with van der Waals surface area (Å²) < 4.78 is 0. The lowest BCUT2D eigenvalue weighted by Crippen LogP contribution is -2.12. The van der Waals surface area contributed by atoms with Crippen LogP contribution in [0.2, 0.25) is 0 Å². The first-order chi connectivity index (χ1) is 14.3. The minimum absolute atomic E-state index is 0.0260. The SMILES string of the molecule is O=C(CCc1cccnc1)Nc1ncc(Cc2ccc(-c3ccccc3)cc2)s1. The standard InChI is InChI=1S/C24H21N3OS/c28-23(13-10-19-5-4-14-25-16-19)27-24-26-17-22(29-24)15-18-8-11-21(12-9-18)20-6-2-1-3-7-20/h1-9,11-12,14,16-17H,10,13,15H2,(H,26,27,28). The van der Waals surface area contributed by atoms with Gasteiger partial charge in [-0.2, -0.15) is 0 Å². The van der Waals surface area contributed by atoms with Gasteiger partial charge in [-0.25, -0.2) is 4.98 Å². The van der Waals surface area contributed by atoms with Gasteiger partial charge in [0.05, 0.1) is 0 Å². The van der Waals surface area contributed by atoms with Gasteiger partial charge in [-0.05, 0) is 34.7 Å². The van der Waals surface area contributed by atoms with Crippen LogP contribution in [-0.4, -0.2) is 15.9 Å². The molecule has 0 radical (unpaired) electrons. The van der Waals surface area contributed by atoms with E-state index in [2.05, 4.69) is 51.7 Å². The minimum Gasteiger partial charge on any atom is -0.302 e. The molecule has 4 aromatic rings. The highest BCUT2D eigenvalue weighted by Gasteiger charge is 2.08. The molecular formula is C24H21N3OS. The first-order valence-corrected chi connectivity index (χ1v) is 10.4. The molecule has 4 rings (SSSR count). The number of aromatic nitrogens is 2. The second kappa shape index (κ2) is 9.26. The molecule has 0 atom stereocenters. The number of rotatable bonds is 7. The topological polar surface area (TPSA) is 54.9 Å². The third-order valence-electron chi connectivity index (χ3n) is 4.60. The van der Waals surface area contributed by atoms with Crippen molar-refractivity contribution < 1.29 is 4.79 Å². The van der Waals surface area contributed by atoms with Gasteiger partial charge in [0.25, 0.3) is 0 Å². The highest BCUT2D eigenvalue weighted by Crippen LogP contribution is 2.24. The predicted octanol–water partition coefficient (Wildman–Crippen LogP) is 5.37. The number of benzene rings is 2. The molecule has 4 nitrogen and oxygen atoms in total. The van der Waals surface area contributed by atoms with E-state index in [1.807, 2.05) is 36.5 Å². The number of thiazole rings is 1. The van der Waals surface area contributed by atoms with E-state index in [1.165, 1.54) is 28.0 Å². The maximum absolute atomic E-state index is 12.2. The van der Waals surface area contributed by atoms with Gasteiger partial charge < -0.3 is 5.32 Å². The Hall–Kier alpha value is -3.31. The maximum atomic E-state index is 12.2. The van der Waals surface area contributed by atoms with Gasteiger partial charge >= 0.3 is 0 Å². The summed E-state index contributed by atoms with van der Waals surface area (Å²) in [6.07, 6.45) is 7.26. The molecule has 0 fully saturated rings. The van der Waals surface area contributed by atoms with Crippen LogP contribution in [0.1, 0.15) is 22.4 Å². The Kier molecular flexibility index (Phi) is 6.07. The Labute approximate surface area is 174 Å². The highest BCUT2D eigenvalue weighted by atomic mass is 32.1. The third kappa shape index (κ3) is 5.36. The van der Waals surface area contributed by atoms with Crippen LogP contribution in [0.3, 0.4) is 0 Å². The Morgan fingerprint density at radius 1 is 0.862 bits per heavy atom. The molecule has 0 aliphatic carbocycles. The number of anilines is 1. The molecule has 0 saturated carbocycles. The fourth-order valence-corrected chi connectivity index (χ4v) is 3.94. The molecule has 0 spiro atoms.